The van der Waals surface area contributed by atoms with E-state index in [-0.39, 0.29) is 6.04 Å². The number of ether oxygens (including phenoxy) is 1. The Morgan fingerprint density at radius 1 is 1.29 bits per heavy atom. The van der Waals surface area contributed by atoms with Gasteiger partial charge in [0.05, 0.1) is 12.0 Å². The van der Waals surface area contributed by atoms with Crippen molar-refractivity contribution in [1.82, 2.24) is 5.32 Å². The van der Waals surface area contributed by atoms with Gasteiger partial charge in [0, 0.05) is 12.1 Å². The molecular formula is C16H19F2NOS. The first-order valence-corrected chi connectivity index (χ1v) is 7.82. The van der Waals surface area contributed by atoms with Gasteiger partial charge in [-0.3, -0.25) is 0 Å². The fourth-order valence-corrected chi connectivity index (χ4v) is 3.15. The van der Waals surface area contributed by atoms with Crippen molar-refractivity contribution < 1.29 is 13.5 Å². The molecule has 0 fully saturated rings. The zero-order valence-corrected chi connectivity index (χ0v) is 13.0. The maximum Gasteiger partial charge on any atom is 0.134 e. The number of benzene rings is 1. The zero-order valence-electron chi connectivity index (χ0n) is 12.2. The van der Waals surface area contributed by atoms with Crippen LogP contribution in [0.1, 0.15) is 29.8 Å². The molecule has 1 aromatic heterocycles. The van der Waals surface area contributed by atoms with E-state index in [9.17, 15) is 8.78 Å². The average Bonchev–Trinajstić information content (AvgIpc) is 2.94. The second kappa shape index (κ2) is 7.52. The summed E-state index contributed by atoms with van der Waals surface area (Å²) in [5.74, 6) is -0.257. The summed E-state index contributed by atoms with van der Waals surface area (Å²) in [7, 11) is 1.63. The predicted molar refractivity (Wildman–Crippen MR) is 82.0 cm³/mol. The number of thiophene rings is 1. The molecule has 2 nitrogen and oxygen atoms in total. The van der Waals surface area contributed by atoms with Crippen LogP contribution in [0.25, 0.3) is 0 Å². The molecule has 0 aliphatic heterocycles. The molecule has 5 heteroatoms. The van der Waals surface area contributed by atoms with Crippen LogP contribution in [0, 0.1) is 11.6 Å². The summed E-state index contributed by atoms with van der Waals surface area (Å²) in [6.07, 6.45) is 1.44. The van der Waals surface area contributed by atoms with Crippen molar-refractivity contribution in [3.05, 3.63) is 51.7 Å². The zero-order chi connectivity index (χ0) is 15.2. The highest BCUT2D eigenvalue weighted by molar-refractivity contribution is 7.10. The van der Waals surface area contributed by atoms with Crippen molar-refractivity contribution in [2.45, 2.75) is 25.8 Å². The van der Waals surface area contributed by atoms with Crippen LogP contribution < -0.4 is 10.1 Å². The molecule has 21 heavy (non-hydrogen) atoms. The lowest BCUT2D eigenvalue weighted by atomic mass is 10.0. The summed E-state index contributed by atoms with van der Waals surface area (Å²) < 4.78 is 32.2. The molecule has 0 aliphatic carbocycles. The molecule has 0 saturated carbocycles. The Bertz CT molecular complexity index is 585. The van der Waals surface area contributed by atoms with Crippen molar-refractivity contribution in [3.8, 4) is 5.75 Å². The van der Waals surface area contributed by atoms with E-state index in [2.05, 4.69) is 12.2 Å². The second-order valence-electron chi connectivity index (χ2n) is 4.80. The van der Waals surface area contributed by atoms with Gasteiger partial charge >= 0.3 is 0 Å². The number of rotatable bonds is 7. The van der Waals surface area contributed by atoms with Gasteiger partial charge in [0.15, 0.2) is 0 Å². The number of nitrogens with one attached hydrogen (secondary N) is 1. The topological polar surface area (TPSA) is 21.3 Å². The van der Waals surface area contributed by atoms with Gasteiger partial charge in [0.2, 0.25) is 0 Å². The van der Waals surface area contributed by atoms with E-state index >= 15 is 0 Å². The summed E-state index contributed by atoms with van der Waals surface area (Å²) in [6, 6.07) is 5.59. The maximum atomic E-state index is 13.9. The second-order valence-corrected chi connectivity index (χ2v) is 5.75. The van der Waals surface area contributed by atoms with E-state index in [1.807, 2.05) is 11.4 Å². The Morgan fingerprint density at radius 3 is 2.76 bits per heavy atom. The van der Waals surface area contributed by atoms with Crippen molar-refractivity contribution in [3.63, 3.8) is 0 Å². The average molecular weight is 311 g/mol. The summed E-state index contributed by atoms with van der Waals surface area (Å²) in [6.45, 7) is 2.91. The van der Waals surface area contributed by atoms with Crippen molar-refractivity contribution in [2.75, 3.05) is 13.7 Å². The summed E-state index contributed by atoms with van der Waals surface area (Å²) in [5, 5.41) is 5.36. The molecule has 2 rings (SSSR count). The largest absolute Gasteiger partial charge is 0.496 e. The van der Waals surface area contributed by atoms with E-state index in [4.69, 9.17) is 4.74 Å². The van der Waals surface area contributed by atoms with E-state index in [1.165, 1.54) is 12.1 Å². The number of methoxy groups -OCH3 is 1. The minimum absolute atomic E-state index is 0.0418. The Balaban J connectivity index is 2.24. The van der Waals surface area contributed by atoms with Crippen LogP contribution in [0.15, 0.2) is 29.6 Å². The minimum atomic E-state index is -0.553. The van der Waals surface area contributed by atoms with E-state index in [1.54, 1.807) is 18.4 Å². The Kier molecular flexibility index (Phi) is 5.70. The molecule has 1 unspecified atom stereocenters. The molecule has 0 radical (unpaired) electrons. The van der Waals surface area contributed by atoms with Crippen molar-refractivity contribution in [1.29, 1.82) is 0 Å². The lowest BCUT2D eigenvalue weighted by Crippen LogP contribution is -2.24. The highest BCUT2D eigenvalue weighted by atomic mass is 32.1. The van der Waals surface area contributed by atoms with E-state index < -0.39 is 11.6 Å². The predicted octanol–water partition coefficient (Wildman–Crippen LogP) is 4.32. The minimum Gasteiger partial charge on any atom is -0.496 e. The van der Waals surface area contributed by atoms with Gasteiger partial charge in [-0.1, -0.05) is 13.0 Å². The standard InChI is InChI=1S/C16H19F2NOS/c1-3-7-19-14(16-15(20-2)6-8-21-16)9-11-4-5-12(17)10-13(11)18/h4-6,8,10,14,19H,3,7,9H2,1-2H3. The fourth-order valence-electron chi connectivity index (χ4n) is 2.22. The van der Waals surface area contributed by atoms with Gasteiger partial charge in [-0.25, -0.2) is 8.78 Å². The van der Waals surface area contributed by atoms with Crippen LogP contribution in [0.3, 0.4) is 0 Å². The Labute approximate surface area is 127 Å². The third-order valence-electron chi connectivity index (χ3n) is 3.27. The number of hydrogen-bond donors (Lipinski definition) is 1. The summed E-state index contributed by atoms with van der Waals surface area (Å²) >= 11 is 1.58. The van der Waals surface area contributed by atoms with Crippen molar-refractivity contribution in [2.24, 2.45) is 0 Å². The fraction of sp³-hybridized carbons (Fsp3) is 0.375. The molecule has 0 bridgehead atoms. The molecule has 114 valence electrons. The van der Waals surface area contributed by atoms with Gasteiger partial charge in [0.25, 0.3) is 0 Å². The third-order valence-corrected chi connectivity index (χ3v) is 4.29. The summed E-state index contributed by atoms with van der Waals surface area (Å²) in [5.41, 5.74) is 0.500. The monoisotopic (exact) mass is 311 g/mol. The summed E-state index contributed by atoms with van der Waals surface area (Å²) in [4.78, 5) is 1.04. The first-order chi connectivity index (χ1) is 10.2. The molecule has 0 aliphatic rings. The van der Waals surface area contributed by atoms with Crippen LogP contribution in [-0.4, -0.2) is 13.7 Å². The third kappa shape index (κ3) is 4.02. The molecule has 1 aromatic carbocycles. The van der Waals surface area contributed by atoms with Crippen LogP contribution in [0.5, 0.6) is 5.75 Å². The molecule has 1 N–H and O–H groups in total. The first-order valence-electron chi connectivity index (χ1n) is 6.94. The quantitative estimate of drug-likeness (QED) is 0.822. The van der Waals surface area contributed by atoms with Gasteiger partial charge in [-0.2, -0.15) is 0 Å². The molecule has 0 spiro atoms. The molecular weight excluding hydrogens is 292 g/mol. The van der Waals surface area contributed by atoms with Crippen LogP contribution in [-0.2, 0) is 6.42 Å². The van der Waals surface area contributed by atoms with E-state index in [0.29, 0.717) is 12.0 Å². The SMILES string of the molecule is CCCNC(Cc1ccc(F)cc1F)c1sccc1OC. The smallest absolute Gasteiger partial charge is 0.134 e. The van der Waals surface area contributed by atoms with Gasteiger partial charge in [-0.05, 0) is 42.5 Å². The number of halogens is 2. The van der Waals surface area contributed by atoms with Crippen LogP contribution in [0.4, 0.5) is 8.78 Å². The highest BCUT2D eigenvalue weighted by Crippen LogP contribution is 2.33. The first kappa shape index (κ1) is 15.9. The van der Waals surface area contributed by atoms with Gasteiger partial charge in [-0.15, -0.1) is 11.3 Å². The van der Waals surface area contributed by atoms with Gasteiger partial charge < -0.3 is 10.1 Å². The molecule has 2 aromatic rings. The maximum absolute atomic E-state index is 13.9. The Morgan fingerprint density at radius 2 is 2.10 bits per heavy atom. The molecule has 0 saturated heterocycles. The molecule has 1 atom stereocenters. The van der Waals surface area contributed by atoms with Crippen LogP contribution >= 0.6 is 11.3 Å². The van der Waals surface area contributed by atoms with E-state index in [0.717, 1.165) is 29.7 Å². The number of hydrogen-bond acceptors (Lipinski definition) is 3. The molecule has 1 heterocycles. The van der Waals surface area contributed by atoms with Crippen molar-refractivity contribution >= 4 is 11.3 Å². The Hall–Kier alpha value is -1.46. The van der Waals surface area contributed by atoms with Gasteiger partial charge in [0.1, 0.15) is 17.4 Å². The normalized spacial score (nSPS) is 12.4. The van der Waals surface area contributed by atoms with Crippen LogP contribution in [0.2, 0.25) is 0 Å². The lowest BCUT2D eigenvalue weighted by molar-refractivity contribution is 0.401. The molecule has 0 amide bonds. The highest BCUT2D eigenvalue weighted by Gasteiger charge is 2.19. The lowest BCUT2D eigenvalue weighted by Gasteiger charge is -2.19.